The van der Waals surface area contributed by atoms with Gasteiger partial charge in [0.1, 0.15) is 5.75 Å². The second kappa shape index (κ2) is 5.40. The van der Waals surface area contributed by atoms with Gasteiger partial charge in [0.05, 0.1) is 12.1 Å². The van der Waals surface area contributed by atoms with Crippen molar-refractivity contribution in [2.75, 3.05) is 11.9 Å². The summed E-state index contributed by atoms with van der Waals surface area (Å²) in [6, 6.07) is 3.53. The monoisotopic (exact) mass is 248 g/mol. The molecule has 98 valence electrons. The molecule has 0 radical (unpaired) electrons. The summed E-state index contributed by atoms with van der Waals surface area (Å²) in [4.78, 5) is 11.4. The number of hydrogen-bond acceptors (Lipinski definition) is 3. The SMILES string of the molecule is CC(C)CCNCc1ccc(O)c2c1CC(=O)N2. The molecule has 1 amide bonds. The van der Waals surface area contributed by atoms with Crippen molar-refractivity contribution < 1.29 is 9.90 Å². The van der Waals surface area contributed by atoms with Gasteiger partial charge >= 0.3 is 0 Å². The second-order valence-corrected chi connectivity index (χ2v) is 5.18. The number of amides is 1. The molecule has 0 saturated heterocycles. The van der Waals surface area contributed by atoms with Crippen LogP contribution in [0.15, 0.2) is 12.1 Å². The maximum absolute atomic E-state index is 11.4. The number of phenolic OH excluding ortho intramolecular Hbond substituents is 1. The molecule has 0 bridgehead atoms. The number of benzene rings is 1. The number of carbonyl (C=O) groups excluding carboxylic acids is 1. The van der Waals surface area contributed by atoms with Crippen LogP contribution in [-0.2, 0) is 17.8 Å². The minimum Gasteiger partial charge on any atom is -0.506 e. The van der Waals surface area contributed by atoms with Gasteiger partial charge in [0, 0.05) is 6.54 Å². The van der Waals surface area contributed by atoms with Gasteiger partial charge in [0.25, 0.3) is 0 Å². The van der Waals surface area contributed by atoms with E-state index in [1.165, 1.54) is 0 Å². The van der Waals surface area contributed by atoms with E-state index in [0.717, 1.165) is 30.6 Å². The molecule has 0 spiro atoms. The Kier molecular flexibility index (Phi) is 3.87. The van der Waals surface area contributed by atoms with Gasteiger partial charge in [-0.3, -0.25) is 4.79 Å². The van der Waals surface area contributed by atoms with Crippen molar-refractivity contribution in [1.29, 1.82) is 0 Å². The lowest BCUT2D eigenvalue weighted by molar-refractivity contribution is -0.115. The minimum absolute atomic E-state index is 0.0464. The summed E-state index contributed by atoms with van der Waals surface area (Å²) >= 11 is 0. The molecule has 3 N–H and O–H groups in total. The van der Waals surface area contributed by atoms with Crippen LogP contribution in [0.5, 0.6) is 5.75 Å². The first-order chi connectivity index (χ1) is 8.58. The topological polar surface area (TPSA) is 61.4 Å². The van der Waals surface area contributed by atoms with E-state index in [0.29, 0.717) is 18.0 Å². The minimum atomic E-state index is -0.0464. The Hall–Kier alpha value is -1.55. The lowest BCUT2D eigenvalue weighted by Gasteiger charge is -2.11. The quantitative estimate of drug-likeness (QED) is 0.552. The van der Waals surface area contributed by atoms with E-state index in [2.05, 4.69) is 24.5 Å². The third-order valence-electron chi connectivity index (χ3n) is 3.20. The molecule has 4 heteroatoms. The highest BCUT2D eigenvalue weighted by atomic mass is 16.3. The van der Waals surface area contributed by atoms with Crippen LogP contribution in [0.2, 0.25) is 0 Å². The Morgan fingerprint density at radius 1 is 1.44 bits per heavy atom. The zero-order chi connectivity index (χ0) is 13.1. The van der Waals surface area contributed by atoms with E-state index in [4.69, 9.17) is 0 Å². The number of phenols is 1. The molecular weight excluding hydrogens is 228 g/mol. The van der Waals surface area contributed by atoms with Gasteiger partial charge in [-0.05, 0) is 36.1 Å². The molecule has 0 atom stereocenters. The van der Waals surface area contributed by atoms with Gasteiger partial charge in [0.2, 0.25) is 5.91 Å². The fourth-order valence-electron chi connectivity index (χ4n) is 2.14. The van der Waals surface area contributed by atoms with Crippen LogP contribution in [0.4, 0.5) is 5.69 Å². The average Bonchev–Trinajstić information content (AvgIpc) is 2.69. The average molecular weight is 248 g/mol. The van der Waals surface area contributed by atoms with Gasteiger partial charge in [-0.15, -0.1) is 0 Å². The summed E-state index contributed by atoms with van der Waals surface area (Å²) in [7, 11) is 0. The molecule has 0 aromatic heterocycles. The van der Waals surface area contributed by atoms with E-state index >= 15 is 0 Å². The highest BCUT2D eigenvalue weighted by Crippen LogP contribution is 2.34. The van der Waals surface area contributed by atoms with Crippen molar-refractivity contribution in [2.45, 2.75) is 33.2 Å². The number of carbonyl (C=O) groups is 1. The third kappa shape index (κ3) is 2.82. The zero-order valence-corrected chi connectivity index (χ0v) is 10.9. The molecule has 0 fully saturated rings. The molecule has 1 aliphatic heterocycles. The van der Waals surface area contributed by atoms with E-state index in [-0.39, 0.29) is 11.7 Å². The van der Waals surface area contributed by atoms with E-state index < -0.39 is 0 Å². The summed E-state index contributed by atoms with van der Waals surface area (Å²) in [5, 5.41) is 15.8. The molecule has 0 aliphatic carbocycles. The van der Waals surface area contributed by atoms with Crippen LogP contribution in [0.1, 0.15) is 31.4 Å². The molecule has 0 saturated carbocycles. The van der Waals surface area contributed by atoms with Crippen LogP contribution < -0.4 is 10.6 Å². The normalized spacial score (nSPS) is 13.8. The molecule has 1 aromatic rings. The Bertz CT molecular complexity index is 455. The molecule has 4 nitrogen and oxygen atoms in total. The van der Waals surface area contributed by atoms with Crippen LogP contribution in [-0.4, -0.2) is 17.6 Å². The Balaban J connectivity index is 2.02. The van der Waals surface area contributed by atoms with Gasteiger partial charge in [0.15, 0.2) is 0 Å². The summed E-state index contributed by atoms with van der Waals surface area (Å²) in [5.41, 5.74) is 2.60. The Morgan fingerprint density at radius 3 is 2.94 bits per heavy atom. The molecule has 1 aliphatic rings. The lowest BCUT2D eigenvalue weighted by Crippen LogP contribution is -2.17. The standard InChI is InChI=1S/C14H20N2O2/c1-9(2)5-6-15-8-10-3-4-12(17)14-11(10)7-13(18)16-14/h3-4,9,15,17H,5-8H2,1-2H3,(H,16,18). The molecule has 1 heterocycles. The van der Waals surface area contributed by atoms with E-state index in [9.17, 15) is 9.90 Å². The number of fused-ring (bicyclic) bond motifs is 1. The summed E-state index contributed by atoms with van der Waals surface area (Å²) < 4.78 is 0. The number of nitrogens with one attached hydrogen (secondary N) is 2. The van der Waals surface area contributed by atoms with E-state index in [1.54, 1.807) is 6.07 Å². The van der Waals surface area contributed by atoms with Crippen LogP contribution in [0.25, 0.3) is 0 Å². The summed E-state index contributed by atoms with van der Waals surface area (Å²) in [6.07, 6.45) is 1.50. The first kappa shape index (κ1) is 12.9. The van der Waals surface area contributed by atoms with Crippen molar-refractivity contribution in [2.24, 2.45) is 5.92 Å². The van der Waals surface area contributed by atoms with E-state index in [1.807, 2.05) is 6.07 Å². The second-order valence-electron chi connectivity index (χ2n) is 5.18. The van der Waals surface area contributed by atoms with Gasteiger partial charge < -0.3 is 15.7 Å². The predicted molar refractivity (Wildman–Crippen MR) is 71.6 cm³/mol. The van der Waals surface area contributed by atoms with Crippen molar-refractivity contribution >= 4 is 11.6 Å². The summed E-state index contributed by atoms with van der Waals surface area (Å²) in [5.74, 6) is 0.794. The maximum Gasteiger partial charge on any atom is 0.228 e. The number of anilines is 1. The van der Waals surface area contributed by atoms with Gasteiger partial charge in [-0.25, -0.2) is 0 Å². The number of aromatic hydroxyl groups is 1. The fourth-order valence-corrected chi connectivity index (χ4v) is 2.14. The van der Waals surface area contributed by atoms with Gasteiger partial charge in [-0.1, -0.05) is 19.9 Å². The molecule has 18 heavy (non-hydrogen) atoms. The Labute approximate surface area is 107 Å². The maximum atomic E-state index is 11.4. The first-order valence-electron chi connectivity index (χ1n) is 6.42. The number of hydrogen-bond donors (Lipinski definition) is 3. The van der Waals surface area contributed by atoms with Crippen molar-refractivity contribution in [1.82, 2.24) is 5.32 Å². The van der Waals surface area contributed by atoms with Crippen molar-refractivity contribution in [3.05, 3.63) is 23.3 Å². The first-order valence-corrected chi connectivity index (χ1v) is 6.42. The van der Waals surface area contributed by atoms with Crippen molar-refractivity contribution in [3.8, 4) is 5.75 Å². The molecule has 0 unspecified atom stereocenters. The van der Waals surface area contributed by atoms with Crippen LogP contribution in [0, 0.1) is 5.92 Å². The predicted octanol–water partition coefficient (Wildman–Crippen LogP) is 2.02. The van der Waals surface area contributed by atoms with Crippen molar-refractivity contribution in [3.63, 3.8) is 0 Å². The van der Waals surface area contributed by atoms with Gasteiger partial charge in [-0.2, -0.15) is 0 Å². The molecule has 2 rings (SSSR count). The highest BCUT2D eigenvalue weighted by Gasteiger charge is 2.23. The zero-order valence-electron chi connectivity index (χ0n) is 10.9. The number of rotatable bonds is 5. The highest BCUT2D eigenvalue weighted by molar-refractivity contribution is 6.01. The smallest absolute Gasteiger partial charge is 0.228 e. The lowest BCUT2D eigenvalue weighted by atomic mass is 10.0. The molecular formula is C14H20N2O2. The third-order valence-corrected chi connectivity index (χ3v) is 3.20. The Morgan fingerprint density at radius 2 is 2.22 bits per heavy atom. The summed E-state index contributed by atoms with van der Waals surface area (Å²) in [6.45, 7) is 6.10. The van der Waals surface area contributed by atoms with Crippen LogP contribution in [0.3, 0.4) is 0 Å². The largest absolute Gasteiger partial charge is 0.506 e. The van der Waals surface area contributed by atoms with Crippen LogP contribution >= 0.6 is 0 Å². The molecule has 1 aromatic carbocycles. The fraction of sp³-hybridized carbons (Fsp3) is 0.500.